The second-order valence-corrected chi connectivity index (χ2v) is 4.53. The molecular weight excluding hydrogens is 440 g/mol. The van der Waals surface area contributed by atoms with Gasteiger partial charge in [-0.1, -0.05) is 19.5 Å². The van der Waals surface area contributed by atoms with Crippen LogP contribution in [0.1, 0.15) is 25.0 Å². The van der Waals surface area contributed by atoms with Gasteiger partial charge in [-0.25, -0.2) is 9.59 Å². The summed E-state index contributed by atoms with van der Waals surface area (Å²) in [4.78, 5) is 23.2. The van der Waals surface area contributed by atoms with Crippen LogP contribution in [0, 0.1) is 19.9 Å². The Bertz CT molecular complexity index is 568. The fourth-order valence-electron chi connectivity index (χ4n) is 1.60. The maximum atomic E-state index is 11.9. The standard InChI is InChI=1S/C15H19N2O3.W/c1-9-6-7-13(10(2)8-9)17-15(19)16-12(4)11(3)14(18)20-5;/h7-8H,1-5H3,(H2,16,17,19);/q-1;/b12-11-;. The molecule has 1 aromatic carbocycles. The van der Waals surface area contributed by atoms with E-state index in [2.05, 4.69) is 21.4 Å². The van der Waals surface area contributed by atoms with Crippen LogP contribution in [0.2, 0.25) is 0 Å². The first kappa shape index (κ1) is 19.4. The van der Waals surface area contributed by atoms with Crippen molar-refractivity contribution in [1.82, 2.24) is 5.32 Å². The Kier molecular flexibility index (Phi) is 7.96. The SMILES string of the molecule is COC(=O)/C(C)=C(/C)NC(=O)Nc1c[c-]c(C)cc1C.[W]. The maximum absolute atomic E-state index is 11.9. The van der Waals surface area contributed by atoms with E-state index in [4.69, 9.17) is 0 Å². The molecule has 0 atom stereocenters. The van der Waals surface area contributed by atoms with Gasteiger partial charge in [0.05, 0.1) is 12.7 Å². The van der Waals surface area contributed by atoms with Gasteiger partial charge < -0.3 is 15.4 Å². The number of ether oxygens (including phenoxy) is 1. The van der Waals surface area contributed by atoms with E-state index in [-0.39, 0.29) is 21.1 Å². The van der Waals surface area contributed by atoms with E-state index < -0.39 is 12.0 Å². The van der Waals surface area contributed by atoms with Crippen molar-refractivity contribution in [2.75, 3.05) is 12.4 Å². The zero-order valence-electron chi connectivity index (χ0n) is 12.8. The predicted molar refractivity (Wildman–Crippen MR) is 77.3 cm³/mol. The van der Waals surface area contributed by atoms with Crippen LogP contribution in [0.25, 0.3) is 0 Å². The Hall–Kier alpha value is -1.61. The van der Waals surface area contributed by atoms with Crippen molar-refractivity contribution >= 4 is 17.7 Å². The molecule has 0 aromatic heterocycles. The quantitative estimate of drug-likeness (QED) is 0.415. The third-order valence-corrected chi connectivity index (χ3v) is 2.91. The van der Waals surface area contributed by atoms with Gasteiger partial charge in [0.2, 0.25) is 0 Å². The van der Waals surface area contributed by atoms with Gasteiger partial charge in [-0.3, -0.25) is 0 Å². The number of amides is 2. The minimum atomic E-state index is -0.470. The molecule has 0 aliphatic carbocycles. The number of benzene rings is 1. The third-order valence-electron chi connectivity index (χ3n) is 2.91. The summed E-state index contributed by atoms with van der Waals surface area (Å²) in [5.74, 6) is -0.470. The third kappa shape index (κ3) is 5.72. The van der Waals surface area contributed by atoms with E-state index in [9.17, 15) is 9.59 Å². The molecule has 21 heavy (non-hydrogen) atoms. The van der Waals surface area contributed by atoms with E-state index in [0.29, 0.717) is 17.0 Å². The summed E-state index contributed by atoms with van der Waals surface area (Å²) in [5, 5.41) is 5.31. The van der Waals surface area contributed by atoms with E-state index in [1.165, 1.54) is 7.11 Å². The smallest absolute Gasteiger partial charge is 0.335 e. The maximum Gasteiger partial charge on any atom is 0.335 e. The number of hydrogen-bond donors (Lipinski definition) is 2. The Morgan fingerprint density at radius 3 is 2.38 bits per heavy atom. The van der Waals surface area contributed by atoms with Gasteiger partial charge in [0.25, 0.3) is 0 Å². The van der Waals surface area contributed by atoms with E-state index in [1.807, 2.05) is 19.9 Å². The van der Waals surface area contributed by atoms with E-state index >= 15 is 0 Å². The number of esters is 1. The average Bonchev–Trinajstić information content (AvgIpc) is 2.40. The number of nitrogens with one attached hydrogen (secondary N) is 2. The Morgan fingerprint density at radius 1 is 1.24 bits per heavy atom. The molecule has 0 saturated carbocycles. The number of aryl methyl sites for hydroxylation is 2. The Balaban J connectivity index is 0.00000400. The zero-order chi connectivity index (χ0) is 15.3. The first-order valence-electron chi connectivity index (χ1n) is 6.18. The monoisotopic (exact) mass is 459 g/mol. The summed E-state index contributed by atoms with van der Waals surface area (Å²) in [5.41, 5.74) is 3.43. The second-order valence-electron chi connectivity index (χ2n) is 4.53. The molecule has 0 aliphatic rings. The molecule has 114 valence electrons. The normalized spacial score (nSPS) is 10.9. The molecule has 0 spiro atoms. The van der Waals surface area contributed by atoms with Gasteiger partial charge in [-0.2, -0.15) is 23.8 Å². The van der Waals surface area contributed by atoms with Crippen LogP contribution in [0.5, 0.6) is 0 Å². The van der Waals surface area contributed by atoms with Crippen LogP contribution in [-0.4, -0.2) is 19.1 Å². The summed E-state index contributed by atoms with van der Waals surface area (Å²) in [7, 11) is 1.30. The molecule has 0 bridgehead atoms. The summed E-state index contributed by atoms with van der Waals surface area (Å²) in [6.07, 6.45) is 0. The number of urea groups is 1. The van der Waals surface area contributed by atoms with Crippen molar-refractivity contribution in [2.45, 2.75) is 27.7 Å². The van der Waals surface area contributed by atoms with Crippen LogP contribution in [0.3, 0.4) is 0 Å². The fourth-order valence-corrected chi connectivity index (χ4v) is 1.60. The zero-order valence-corrected chi connectivity index (χ0v) is 15.7. The molecule has 0 radical (unpaired) electrons. The fraction of sp³-hybridized carbons (Fsp3) is 0.333. The average molecular weight is 459 g/mol. The van der Waals surface area contributed by atoms with Crippen molar-refractivity contribution in [2.24, 2.45) is 0 Å². The molecule has 1 aromatic rings. The molecule has 2 N–H and O–H groups in total. The van der Waals surface area contributed by atoms with E-state index in [0.717, 1.165) is 11.1 Å². The molecule has 5 nitrogen and oxygen atoms in total. The van der Waals surface area contributed by atoms with Crippen molar-refractivity contribution in [3.05, 3.63) is 40.6 Å². The van der Waals surface area contributed by atoms with Gasteiger partial charge in [0.1, 0.15) is 0 Å². The van der Waals surface area contributed by atoms with Gasteiger partial charge in [0, 0.05) is 26.8 Å². The van der Waals surface area contributed by atoms with Gasteiger partial charge in [0.15, 0.2) is 0 Å². The summed E-state index contributed by atoms with van der Waals surface area (Å²) >= 11 is 0. The number of methoxy groups -OCH3 is 1. The van der Waals surface area contributed by atoms with Gasteiger partial charge in [-0.15, -0.1) is 5.56 Å². The largest absolute Gasteiger partial charge is 0.466 e. The second kappa shape index (κ2) is 8.63. The van der Waals surface area contributed by atoms with Crippen molar-refractivity contribution in [3.8, 4) is 0 Å². The van der Waals surface area contributed by atoms with Crippen LogP contribution in [-0.2, 0) is 30.6 Å². The first-order chi connectivity index (χ1) is 9.35. The van der Waals surface area contributed by atoms with Gasteiger partial charge in [-0.05, 0) is 13.8 Å². The number of carbonyl (C=O) groups is 2. The molecule has 0 aliphatic heterocycles. The van der Waals surface area contributed by atoms with Crippen LogP contribution < -0.4 is 10.6 Å². The summed E-state index contributed by atoms with van der Waals surface area (Å²) in [6, 6.07) is 6.26. The minimum absolute atomic E-state index is 0. The Morgan fingerprint density at radius 2 is 1.86 bits per heavy atom. The molecule has 0 fully saturated rings. The molecule has 0 unspecified atom stereocenters. The first-order valence-corrected chi connectivity index (χ1v) is 6.18. The molecular formula is C15H19N2O3W-. The van der Waals surface area contributed by atoms with Crippen LogP contribution >= 0.6 is 0 Å². The molecule has 1 rings (SSSR count). The van der Waals surface area contributed by atoms with Gasteiger partial charge >= 0.3 is 12.0 Å². The predicted octanol–water partition coefficient (Wildman–Crippen LogP) is 2.69. The number of carbonyl (C=O) groups excluding carboxylic acids is 2. The number of anilines is 1. The number of rotatable bonds is 3. The van der Waals surface area contributed by atoms with Crippen LogP contribution in [0.15, 0.2) is 23.4 Å². The number of hydrogen-bond acceptors (Lipinski definition) is 3. The van der Waals surface area contributed by atoms with Crippen molar-refractivity contribution < 1.29 is 35.4 Å². The molecule has 0 saturated heterocycles. The van der Waals surface area contributed by atoms with Crippen molar-refractivity contribution in [3.63, 3.8) is 0 Å². The van der Waals surface area contributed by atoms with Crippen molar-refractivity contribution in [1.29, 1.82) is 0 Å². The minimum Gasteiger partial charge on any atom is -0.466 e. The topological polar surface area (TPSA) is 67.4 Å². The molecule has 6 heteroatoms. The molecule has 0 heterocycles. The van der Waals surface area contributed by atoms with E-state index in [1.54, 1.807) is 19.9 Å². The Labute approximate surface area is 139 Å². The summed E-state index contributed by atoms with van der Waals surface area (Å²) < 4.78 is 4.59. The molecule has 2 amide bonds. The number of allylic oxidation sites excluding steroid dienone is 1. The van der Waals surface area contributed by atoms with Crippen LogP contribution in [0.4, 0.5) is 10.5 Å². The summed E-state index contributed by atoms with van der Waals surface area (Å²) in [6.45, 7) is 7.06.